The minimum absolute atomic E-state index is 0.0343. The maximum atomic E-state index is 13.4. The summed E-state index contributed by atoms with van der Waals surface area (Å²) in [6.07, 6.45) is 1.94. The molecule has 0 atom stereocenters. The first-order valence-corrected chi connectivity index (χ1v) is 6.44. The molecule has 0 radical (unpaired) electrons. The van der Waals surface area contributed by atoms with E-state index in [4.69, 9.17) is 4.74 Å². The molecular formula is C13H21F2N3O. The van der Waals surface area contributed by atoms with Crippen molar-refractivity contribution in [3.63, 3.8) is 0 Å². The summed E-state index contributed by atoms with van der Waals surface area (Å²) >= 11 is 0. The molecule has 0 saturated carbocycles. The van der Waals surface area contributed by atoms with Gasteiger partial charge < -0.3 is 15.4 Å². The normalized spacial score (nSPS) is 10.8. The highest BCUT2D eigenvalue weighted by Gasteiger charge is 2.10. The maximum Gasteiger partial charge on any atom is 0.168 e. The number of anilines is 2. The van der Waals surface area contributed by atoms with E-state index in [2.05, 4.69) is 15.6 Å². The van der Waals surface area contributed by atoms with Crippen LogP contribution in [0.4, 0.5) is 20.4 Å². The Kier molecular flexibility index (Phi) is 6.49. The third-order valence-corrected chi connectivity index (χ3v) is 2.48. The van der Waals surface area contributed by atoms with Crippen LogP contribution >= 0.6 is 0 Å². The van der Waals surface area contributed by atoms with Crippen molar-refractivity contribution in [2.45, 2.75) is 32.8 Å². The zero-order chi connectivity index (χ0) is 14.3. The summed E-state index contributed by atoms with van der Waals surface area (Å²) < 4.78 is 32.0. The van der Waals surface area contributed by atoms with Crippen molar-refractivity contribution in [2.75, 3.05) is 30.8 Å². The highest BCUT2D eigenvalue weighted by atomic mass is 19.1. The van der Waals surface area contributed by atoms with Crippen molar-refractivity contribution in [1.29, 1.82) is 0 Å². The van der Waals surface area contributed by atoms with Crippen LogP contribution in [0.1, 0.15) is 26.7 Å². The van der Waals surface area contributed by atoms with Gasteiger partial charge in [0.1, 0.15) is 0 Å². The van der Waals surface area contributed by atoms with E-state index in [1.807, 2.05) is 13.8 Å². The molecule has 6 heteroatoms. The number of ether oxygens (including phenoxy) is 1. The van der Waals surface area contributed by atoms with Gasteiger partial charge in [0.05, 0.1) is 6.10 Å². The monoisotopic (exact) mass is 273 g/mol. The lowest BCUT2D eigenvalue weighted by molar-refractivity contribution is 0.0765. The van der Waals surface area contributed by atoms with Crippen molar-refractivity contribution in [1.82, 2.24) is 4.98 Å². The van der Waals surface area contributed by atoms with Gasteiger partial charge in [0.2, 0.25) is 0 Å². The summed E-state index contributed by atoms with van der Waals surface area (Å²) in [5.41, 5.74) is 0. The molecule has 1 heterocycles. The highest BCUT2D eigenvalue weighted by molar-refractivity contribution is 5.47. The molecule has 0 spiro atoms. The van der Waals surface area contributed by atoms with E-state index in [1.165, 1.54) is 7.05 Å². The minimum Gasteiger partial charge on any atom is -0.379 e. The largest absolute Gasteiger partial charge is 0.379 e. The van der Waals surface area contributed by atoms with Gasteiger partial charge in [-0.15, -0.1) is 0 Å². The summed E-state index contributed by atoms with van der Waals surface area (Å²) in [6, 6.07) is 0.822. The van der Waals surface area contributed by atoms with E-state index in [1.54, 1.807) is 0 Å². The molecule has 0 aromatic carbocycles. The summed E-state index contributed by atoms with van der Waals surface area (Å²) in [7, 11) is 1.54. The number of nitrogens with zero attached hydrogens (tertiary/aromatic N) is 1. The van der Waals surface area contributed by atoms with E-state index in [0.29, 0.717) is 13.2 Å². The van der Waals surface area contributed by atoms with Gasteiger partial charge in [0.15, 0.2) is 23.3 Å². The number of hydrogen-bond acceptors (Lipinski definition) is 4. The predicted octanol–water partition coefficient (Wildman–Crippen LogP) is 3.02. The zero-order valence-corrected chi connectivity index (χ0v) is 11.6. The molecule has 0 aliphatic heterocycles. The molecule has 0 unspecified atom stereocenters. The number of nitrogens with one attached hydrogen (secondary N) is 2. The average molecular weight is 273 g/mol. The van der Waals surface area contributed by atoms with Crippen molar-refractivity contribution >= 4 is 11.6 Å². The van der Waals surface area contributed by atoms with Crippen molar-refractivity contribution in [2.24, 2.45) is 0 Å². The quantitative estimate of drug-likeness (QED) is 0.715. The van der Waals surface area contributed by atoms with Crippen LogP contribution in [0.3, 0.4) is 0 Å². The van der Waals surface area contributed by atoms with Crippen LogP contribution in [0.25, 0.3) is 0 Å². The number of hydrogen-bond donors (Lipinski definition) is 2. The standard InChI is InChI=1S/C13H21F2N3O/c1-9(2)19-7-5-4-6-17-13-11(15)8-10(14)12(16-3)18-13/h8-9H,4-7H2,1-3H3,(H2,16,17,18). The zero-order valence-electron chi connectivity index (χ0n) is 11.6. The van der Waals surface area contributed by atoms with Gasteiger partial charge in [-0.3, -0.25) is 0 Å². The topological polar surface area (TPSA) is 46.2 Å². The molecule has 1 aromatic rings. The van der Waals surface area contributed by atoms with Crippen LogP contribution in [-0.4, -0.2) is 31.3 Å². The molecule has 0 bridgehead atoms. The second-order valence-corrected chi connectivity index (χ2v) is 4.45. The summed E-state index contributed by atoms with van der Waals surface area (Å²) in [4.78, 5) is 3.83. The Labute approximate surface area is 112 Å². The Morgan fingerprint density at radius 1 is 1.21 bits per heavy atom. The first-order chi connectivity index (χ1) is 9.04. The van der Waals surface area contributed by atoms with E-state index in [-0.39, 0.29) is 17.7 Å². The van der Waals surface area contributed by atoms with Crippen molar-refractivity contribution in [3.05, 3.63) is 17.7 Å². The van der Waals surface area contributed by atoms with Gasteiger partial charge in [-0.25, -0.2) is 13.8 Å². The van der Waals surface area contributed by atoms with Gasteiger partial charge >= 0.3 is 0 Å². The van der Waals surface area contributed by atoms with Crippen LogP contribution in [0.15, 0.2) is 6.07 Å². The molecule has 4 nitrogen and oxygen atoms in total. The van der Waals surface area contributed by atoms with E-state index >= 15 is 0 Å². The summed E-state index contributed by atoms with van der Waals surface area (Å²) in [6.45, 7) is 5.21. The summed E-state index contributed by atoms with van der Waals surface area (Å²) in [5.74, 6) is -1.28. The number of unbranched alkanes of at least 4 members (excludes halogenated alkanes) is 1. The lowest BCUT2D eigenvalue weighted by atomic mass is 10.3. The van der Waals surface area contributed by atoms with Crippen LogP contribution in [0, 0.1) is 11.6 Å². The molecule has 2 N–H and O–H groups in total. The van der Waals surface area contributed by atoms with Crippen LogP contribution in [0.2, 0.25) is 0 Å². The number of pyridine rings is 1. The number of aromatic nitrogens is 1. The second kappa shape index (κ2) is 7.89. The van der Waals surface area contributed by atoms with Gasteiger partial charge in [-0.05, 0) is 26.7 Å². The Morgan fingerprint density at radius 2 is 1.89 bits per heavy atom. The molecule has 0 amide bonds. The molecule has 108 valence electrons. The Hall–Kier alpha value is -1.43. The van der Waals surface area contributed by atoms with Crippen LogP contribution in [-0.2, 0) is 4.74 Å². The smallest absolute Gasteiger partial charge is 0.168 e. The van der Waals surface area contributed by atoms with E-state index in [9.17, 15) is 8.78 Å². The second-order valence-electron chi connectivity index (χ2n) is 4.45. The molecule has 0 saturated heterocycles. The molecule has 1 aromatic heterocycles. The molecular weight excluding hydrogens is 252 g/mol. The molecule has 0 fully saturated rings. The fourth-order valence-corrected chi connectivity index (χ4v) is 1.52. The van der Waals surface area contributed by atoms with Crippen LogP contribution < -0.4 is 10.6 Å². The van der Waals surface area contributed by atoms with Gasteiger partial charge in [0, 0.05) is 26.3 Å². The lowest BCUT2D eigenvalue weighted by Gasteiger charge is -2.10. The third kappa shape index (κ3) is 5.38. The predicted molar refractivity (Wildman–Crippen MR) is 72.5 cm³/mol. The number of rotatable bonds is 8. The minimum atomic E-state index is -0.698. The van der Waals surface area contributed by atoms with Gasteiger partial charge in [-0.2, -0.15) is 0 Å². The Balaban J connectivity index is 2.37. The van der Waals surface area contributed by atoms with Gasteiger partial charge in [0.25, 0.3) is 0 Å². The Morgan fingerprint density at radius 3 is 2.53 bits per heavy atom. The average Bonchev–Trinajstić information content (AvgIpc) is 2.35. The fourth-order valence-electron chi connectivity index (χ4n) is 1.52. The molecule has 0 aliphatic rings. The Bertz CT molecular complexity index is 400. The third-order valence-electron chi connectivity index (χ3n) is 2.48. The van der Waals surface area contributed by atoms with Crippen molar-refractivity contribution < 1.29 is 13.5 Å². The lowest BCUT2D eigenvalue weighted by Crippen LogP contribution is -2.10. The molecule has 19 heavy (non-hydrogen) atoms. The van der Waals surface area contributed by atoms with E-state index < -0.39 is 11.6 Å². The first kappa shape index (κ1) is 15.6. The SMILES string of the molecule is CNc1nc(NCCCCOC(C)C)c(F)cc1F. The first-order valence-electron chi connectivity index (χ1n) is 6.44. The summed E-state index contributed by atoms with van der Waals surface area (Å²) in [5, 5.41) is 5.43. The van der Waals surface area contributed by atoms with E-state index in [0.717, 1.165) is 18.9 Å². The van der Waals surface area contributed by atoms with Gasteiger partial charge in [-0.1, -0.05) is 0 Å². The molecule has 1 rings (SSSR count). The highest BCUT2D eigenvalue weighted by Crippen LogP contribution is 2.18. The maximum absolute atomic E-state index is 13.4. The fraction of sp³-hybridized carbons (Fsp3) is 0.615. The number of halogens is 2. The molecule has 0 aliphatic carbocycles. The van der Waals surface area contributed by atoms with Crippen molar-refractivity contribution in [3.8, 4) is 0 Å². The van der Waals surface area contributed by atoms with Crippen LogP contribution in [0.5, 0.6) is 0 Å².